The van der Waals surface area contributed by atoms with E-state index in [1.165, 1.54) is 0 Å². The van der Waals surface area contributed by atoms with E-state index < -0.39 is 0 Å². The van der Waals surface area contributed by atoms with E-state index in [2.05, 4.69) is 20.6 Å². The molecule has 2 amide bonds. The Morgan fingerprint density at radius 2 is 1.77 bits per heavy atom. The van der Waals surface area contributed by atoms with Crippen molar-refractivity contribution in [1.82, 2.24) is 20.2 Å². The summed E-state index contributed by atoms with van der Waals surface area (Å²) in [6.07, 6.45) is 2.60. The average Bonchev–Trinajstić information content (AvgIpc) is 3.09. The third-order valence-electron chi connectivity index (χ3n) is 5.26. The number of benzene rings is 2. The summed E-state index contributed by atoms with van der Waals surface area (Å²) in [5, 5.41) is 6.15. The van der Waals surface area contributed by atoms with Crippen LogP contribution in [0.4, 0.5) is 5.69 Å². The summed E-state index contributed by atoms with van der Waals surface area (Å²) >= 11 is 0. The van der Waals surface area contributed by atoms with Gasteiger partial charge in [0.05, 0.1) is 17.6 Å². The summed E-state index contributed by atoms with van der Waals surface area (Å²) in [4.78, 5) is 36.2. The van der Waals surface area contributed by atoms with E-state index in [1.54, 1.807) is 25.3 Å². The van der Waals surface area contributed by atoms with Crippen LogP contribution < -0.4 is 10.6 Å². The summed E-state index contributed by atoms with van der Waals surface area (Å²) in [6.45, 7) is 4.99. The van der Waals surface area contributed by atoms with E-state index in [0.29, 0.717) is 29.2 Å². The van der Waals surface area contributed by atoms with Gasteiger partial charge >= 0.3 is 0 Å². The number of hydrogen-bond donors (Lipinski definition) is 2. The summed E-state index contributed by atoms with van der Waals surface area (Å²) < 4.78 is 0. The van der Waals surface area contributed by atoms with Gasteiger partial charge in [0.2, 0.25) is 0 Å². The third kappa shape index (κ3) is 4.95. The van der Waals surface area contributed by atoms with Crippen molar-refractivity contribution in [3.05, 3.63) is 77.7 Å². The molecule has 0 saturated carbocycles. The maximum atomic E-state index is 12.8. The second kappa shape index (κ2) is 9.49. The Hall–Kier alpha value is -3.58. The predicted octanol–water partition coefficient (Wildman–Crippen LogP) is 3.14. The number of nitrogens with one attached hydrogen (secondary N) is 2. The third-order valence-corrected chi connectivity index (χ3v) is 5.26. The van der Waals surface area contributed by atoms with E-state index >= 15 is 0 Å². The quantitative estimate of drug-likeness (QED) is 0.684. The van der Waals surface area contributed by atoms with Crippen molar-refractivity contribution in [2.24, 2.45) is 0 Å². The number of para-hydroxylation sites is 1. The van der Waals surface area contributed by atoms with Crippen LogP contribution in [0.5, 0.6) is 0 Å². The highest BCUT2D eigenvalue weighted by molar-refractivity contribution is 6.03. The molecule has 158 valence electrons. The zero-order valence-electron chi connectivity index (χ0n) is 17.5. The lowest BCUT2D eigenvalue weighted by Gasteiger charge is -2.20. The normalized spacial score (nSPS) is 14.0. The molecule has 0 aliphatic carbocycles. The van der Waals surface area contributed by atoms with E-state index in [0.717, 1.165) is 31.6 Å². The highest BCUT2D eigenvalue weighted by atomic mass is 16.2. The minimum Gasteiger partial charge on any atom is -0.337 e. The number of hydrogen-bond acceptors (Lipinski definition) is 5. The molecular formula is C24H25N5O2. The van der Waals surface area contributed by atoms with Crippen LogP contribution >= 0.6 is 0 Å². The number of anilines is 1. The number of amides is 2. The molecule has 2 aromatic carbocycles. The van der Waals surface area contributed by atoms with Gasteiger partial charge in [0.25, 0.3) is 11.8 Å². The molecule has 1 aliphatic rings. The molecule has 4 rings (SSSR count). The highest BCUT2D eigenvalue weighted by Crippen LogP contribution is 2.20. The molecule has 7 nitrogen and oxygen atoms in total. The van der Waals surface area contributed by atoms with E-state index in [9.17, 15) is 9.59 Å². The molecule has 0 bridgehead atoms. The van der Waals surface area contributed by atoms with E-state index in [4.69, 9.17) is 0 Å². The maximum absolute atomic E-state index is 12.8. The predicted molar refractivity (Wildman–Crippen MR) is 120 cm³/mol. The van der Waals surface area contributed by atoms with Crippen molar-refractivity contribution in [2.45, 2.75) is 13.3 Å². The Bertz CT molecular complexity index is 1060. The number of aryl methyl sites for hydroxylation is 1. The second-order valence-electron chi connectivity index (χ2n) is 7.48. The summed E-state index contributed by atoms with van der Waals surface area (Å²) in [5.41, 5.74) is 3.56. The Labute approximate surface area is 181 Å². The van der Waals surface area contributed by atoms with Gasteiger partial charge in [-0.05, 0) is 44.2 Å². The number of aromatic nitrogens is 2. The largest absolute Gasteiger partial charge is 0.337 e. The fourth-order valence-corrected chi connectivity index (χ4v) is 3.53. The molecule has 1 fully saturated rings. The molecule has 31 heavy (non-hydrogen) atoms. The van der Waals surface area contributed by atoms with Crippen molar-refractivity contribution in [3.8, 4) is 11.3 Å². The number of nitrogens with zero attached hydrogens (tertiary/aromatic N) is 3. The van der Waals surface area contributed by atoms with Gasteiger partial charge in [-0.1, -0.05) is 30.3 Å². The van der Waals surface area contributed by atoms with Crippen LogP contribution in [0.25, 0.3) is 11.3 Å². The van der Waals surface area contributed by atoms with Crippen LogP contribution in [0, 0.1) is 6.92 Å². The molecular weight excluding hydrogens is 390 g/mol. The van der Waals surface area contributed by atoms with Crippen molar-refractivity contribution in [2.75, 3.05) is 31.5 Å². The van der Waals surface area contributed by atoms with E-state index in [1.807, 2.05) is 47.4 Å². The average molecular weight is 415 g/mol. The highest BCUT2D eigenvalue weighted by Gasteiger charge is 2.18. The summed E-state index contributed by atoms with van der Waals surface area (Å²) in [5.74, 6) is -0.271. The molecule has 7 heteroatoms. The van der Waals surface area contributed by atoms with E-state index in [-0.39, 0.29) is 17.5 Å². The first kappa shape index (κ1) is 20.7. The van der Waals surface area contributed by atoms with Gasteiger partial charge in [-0.2, -0.15) is 0 Å². The first-order chi connectivity index (χ1) is 15.1. The van der Waals surface area contributed by atoms with Gasteiger partial charge in [-0.15, -0.1) is 0 Å². The molecule has 1 aromatic heterocycles. The number of rotatable bonds is 4. The Morgan fingerprint density at radius 3 is 2.55 bits per heavy atom. The van der Waals surface area contributed by atoms with Crippen molar-refractivity contribution in [3.63, 3.8) is 0 Å². The second-order valence-corrected chi connectivity index (χ2v) is 7.48. The fraction of sp³-hybridized carbons (Fsp3) is 0.250. The number of carbonyl (C=O) groups excluding carboxylic acids is 2. The molecule has 0 atom stereocenters. The van der Waals surface area contributed by atoms with Gasteiger partial charge in [0, 0.05) is 36.4 Å². The SMILES string of the molecule is Cc1ncc(-c2ccc(C(=O)N3CCCNCC3)cc2)nc1C(=O)Nc1ccccc1. The molecule has 1 aliphatic heterocycles. The summed E-state index contributed by atoms with van der Waals surface area (Å²) in [7, 11) is 0. The fourth-order valence-electron chi connectivity index (χ4n) is 3.53. The molecule has 1 saturated heterocycles. The molecule has 2 heterocycles. The van der Waals surface area contributed by atoms with Crippen molar-refractivity contribution in [1.29, 1.82) is 0 Å². The van der Waals surface area contributed by atoms with Crippen LogP contribution in [0.15, 0.2) is 60.8 Å². The lowest BCUT2D eigenvalue weighted by molar-refractivity contribution is 0.0766. The van der Waals surface area contributed by atoms with Crippen molar-refractivity contribution < 1.29 is 9.59 Å². The molecule has 2 N–H and O–H groups in total. The first-order valence-electron chi connectivity index (χ1n) is 10.4. The van der Waals surface area contributed by atoms with Gasteiger partial charge in [0.1, 0.15) is 5.69 Å². The zero-order chi connectivity index (χ0) is 21.6. The minimum atomic E-state index is -0.306. The Balaban J connectivity index is 1.52. The first-order valence-corrected chi connectivity index (χ1v) is 10.4. The smallest absolute Gasteiger partial charge is 0.276 e. The number of carbonyl (C=O) groups is 2. The maximum Gasteiger partial charge on any atom is 0.276 e. The molecule has 3 aromatic rings. The monoisotopic (exact) mass is 415 g/mol. The minimum absolute atomic E-state index is 0.0353. The lowest BCUT2D eigenvalue weighted by atomic mass is 10.1. The standard InChI is InChI=1S/C24H25N5O2/c1-17-22(23(30)27-20-6-3-2-4-7-20)28-21(16-26-17)18-8-10-19(11-9-18)24(31)29-14-5-12-25-13-15-29/h2-4,6-11,16,25H,5,12-15H2,1H3,(H,27,30). The zero-order valence-corrected chi connectivity index (χ0v) is 17.5. The lowest BCUT2D eigenvalue weighted by Crippen LogP contribution is -2.34. The van der Waals surface area contributed by atoms with Gasteiger partial charge in [-0.3, -0.25) is 14.6 Å². The van der Waals surface area contributed by atoms with Crippen LogP contribution in [-0.2, 0) is 0 Å². The van der Waals surface area contributed by atoms with Gasteiger partial charge in [-0.25, -0.2) is 4.98 Å². The molecule has 0 unspecified atom stereocenters. The Morgan fingerprint density at radius 1 is 1.00 bits per heavy atom. The molecule has 0 spiro atoms. The van der Waals surface area contributed by atoms with Gasteiger partial charge in [0.15, 0.2) is 0 Å². The van der Waals surface area contributed by atoms with Crippen molar-refractivity contribution >= 4 is 17.5 Å². The van der Waals surface area contributed by atoms with Crippen LogP contribution in [0.2, 0.25) is 0 Å². The topological polar surface area (TPSA) is 87.2 Å². The summed E-state index contributed by atoms with van der Waals surface area (Å²) in [6, 6.07) is 16.6. The Kier molecular flexibility index (Phi) is 6.33. The van der Waals surface area contributed by atoms with Crippen LogP contribution in [0.1, 0.15) is 33.0 Å². The van der Waals surface area contributed by atoms with Gasteiger partial charge < -0.3 is 15.5 Å². The van der Waals surface area contributed by atoms with Crippen LogP contribution in [-0.4, -0.2) is 52.9 Å². The van der Waals surface area contributed by atoms with Crippen LogP contribution in [0.3, 0.4) is 0 Å². The molecule has 0 radical (unpaired) electrons.